The zero-order chi connectivity index (χ0) is 12.3. The van der Waals surface area contributed by atoms with E-state index in [1.165, 1.54) is 18.4 Å². The van der Waals surface area contributed by atoms with Gasteiger partial charge in [0.05, 0.1) is 18.0 Å². The molecule has 1 fully saturated rings. The lowest BCUT2D eigenvalue weighted by atomic mass is 10.3. The Kier molecular flexibility index (Phi) is 3.63. The van der Waals surface area contributed by atoms with E-state index < -0.39 is 6.09 Å². The number of carbonyl (C=O) groups excluding carboxylic acids is 2. The van der Waals surface area contributed by atoms with Gasteiger partial charge in [-0.05, 0) is 17.9 Å². The highest BCUT2D eigenvalue weighted by atomic mass is 32.1. The third-order valence-corrected chi connectivity index (χ3v) is 3.57. The number of amides is 2. The number of nitrogens with one attached hydrogen (secondary N) is 1. The Hall–Kier alpha value is -1.56. The van der Waals surface area contributed by atoms with Crippen molar-refractivity contribution in [2.45, 2.75) is 12.5 Å². The number of thiophene rings is 1. The zero-order valence-electron chi connectivity index (χ0n) is 9.51. The zero-order valence-corrected chi connectivity index (χ0v) is 10.3. The normalized spacial score (nSPS) is 19.1. The van der Waals surface area contributed by atoms with Gasteiger partial charge in [-0.3, -0.25) is 4.79 Å². The molecule has 6 heteroatoms. The van der Waals surface area contributed by atoms with E-state index in [0.717, 1.165) is 11.3 Å². The molecule has 1 aliphatic heterocycles. The number of nitrogens with zero attached hydrogens (tertiary/aromatic N) is 1. The molecule has 0 aromatic carbocycles. The molecule has 1 aromatic rings. The van der Waals surface area contributed by atoms with E-state index in [-0.39, 0.29) is 11.9 Å². The van der Waals surface area contributed by atoms with Gasteiger partial charge in [0, 0.05) is 13.1 Å². The molecule has 0 radical (unpaired) electrons. The van der Waals surface area contributed by atoms with Crippen molar-refractivity contribution in [2.75, 3.05) is 20.2 Å². The predicted molar refractivity (Wildman–Crippen MR) is 64.2 cm³/mol. The first kappa shape index (κ1) is 11.9. The standard InChI is InChI=1S/C11H14N2O3S/c1-16-11(15)12-8-4-5-13(7-8)10(14)9-3-2-6-17-9/h2-3,6,8H,4-5,7H2,1H3,(H,12,15). The van der Waals surface area contributed by atoms with Gasteiger partial charge >= 0.3 is 6.09 Å². The van der Waals surface area contributed by atoms with Gasteiger partial charge in [-0.15, -0.1) is 11.3 Å². The Bertz CT molecular complexity index is 405. The van der Waals surface area contributed by atoms with Gasteiger partial charge < -0.3 is 15.0 Å². The number of hydrogen-bond acceptors (Lipinski definition) is 4. The van der Waals surface area contributed by atoms with Crippen molar-refractivity contribution >= 4 is 23.3 Å². The van der Waals surface area contributed by atoms with E-state index >= 15 is 0 Å². The molecule has 5 nitrogen and oxygen atoms in total. The summed E-state index contributed by atoms with van der Waals surface area (Å²) < 4.78 is 4.53. The van der Waals surface area contributed by atoms with Crippen molar-refractivity contribution in [1.82, 2.24) is 10.2 Å². The Morgan fingerprint density at radius 3 is 3.06 bits per heavy atom. The number of alkyl carbamates (subject to hydrolysis) is 1. The first-order chi connectivity index (χ1) is 8.20. The lowest BCUT2D eigenvalue weighted by Gasteiger charge is -2.15. The SMILES string of the molecule is COC(=O)NC1CCN(C(=O)c2cccs2)C1. The minimum atomic E-state index is -0.444. The fourth-order valence-corrected chi connectivity index (χ4v) is 2.54. The molecule has 1 N–H and O–H groups in total. The topological polar surface area (TPSA) is 58.6 Å². The van der Waals surface area contributed by atoms with Gasteiger partial charge in [0.2, 0.25) is 0 Å². The van der Waals surface area contributed by atoms with Gasteiger partial charge in [-0.25, -0.2) is 4.79 Å². The maximum atomic E-state index is 12.0. The average molecular weight is 254 g/mol. The monoisotopic (exact) mass is 254 g/mol. The molecule has 1 aromatic heterocycles. The summed E-state index contributed by atoms with van der Waals surface area (Å²) in [6.07, 6.45) is 0.326. The van der Waals surface area contributed by atoms with Gasteiger partial charge in [0.1, 0.15) is 0 Å². The van der Waals surface area contributed by atoms with Crippen molar-refractivity contribution < 1.29 is 14.3 Å². The summed E-state index contributed by atoms with van der Waals surface area (Å²) in [7, 11) is 1.33. The van der Waals surface area contributed by atoms with Gasteiger partial charge in [0.25, 0.3) is 5.91 Å². The first-order valence-electron chi connectivity index (χ1n) is 5.38. The fraction of sp³-hybridized carbons (Fsp3) is 0.455. The molecule has 0 saturated carbocycles. The summed E-state index contributed by atoms with van der Waals surface area (Å²) in [6.45, 7) is 1.22. The van der Waals surface area contributed by atoms with E-state index in [9.17, 15) is 9.59 Å². The Morgan fingerprint density at radius 1 is 1.59 bits per heavy atom. The number of methoxy groups -OCH3 is 1. The van der Waals surface area contributed by atoms with Crippen LogP contribution in [-0.4, -0.2) is 43.1 Å². The van der Waals surface area contributed by atoms with Gasteiger partial charge in [-0.1, -0.05) is 6.07 Å². The Morgan fingerprint density at radius 2 is 2.41 bits per heavy atom. The Labute approximate surface area is 103 Å². The molecular formula is C11H14N2O3S. The molecule has 1 unspecified atom stereocenters. The summed E-state index contributed by atoms with van der Waals surface area (Å²) in [4.78, 5) is 25.5. The van der Waals surface area contributed by atoms with E-state index in [0.29, 0.717) is 13.1 Å². The van der Waals surface area contributed by atoms with Gasteiger partial charge in [-0.2, -0.15) is 0 Å². The van der Waals surface area contributed by atoms with Gasteiger partial charge in [0.15, 0.2) is 0 Å². The Balaban J connectivity index is 1.90. The molecule has 2 heterocycles. The highest BCUT2D eigenvalue weighted by Gasteiger charge is 2.28. The minimum Gasteiger partial charge on any atom is -0.453 e. The van der Waals surface area contributed by atoms with Crippen molar-refractivity contribution in [3.8, 4) is 0 Å². The van der Waals surface area contributed by atoms with Crippen molar-refractivity contribution in [2.24, 2.45) is 0 Å². The molecule has 1 atom stereocenters. The third-order valence-electron chi connectivity index (χ3n) is 2.71. The second-order valence-electron chi connectivity index (χ2n) is 3.85. The summed E-state index contributed by atoms with van der Waals surface area (Å²) in [5.74, 6) is 0.0363. The molecule has 2 amide bonds. The maximum absolute atomic E-state index is 12.0. The van der Waals surface area contributed by atoms with Crippen LogP contribution >= 0.6 is 11.3 Å². The lowest BCUT2D eigenvalue weighted by Crippen LogP contribution is -2.38. The second-order valence-corrected chi connectivity index (χ2v) is 4.80. The smallest absolute Gasteiger partial charge is 0.407 e. The number of ether oxygens (including phenoxy) is 1. The molecule has 0 spiro atoms. The second kappa shape index (κ2) is 5.18. The number of rotatable bonds is 2. The third kappa shape index (κ3) is 2.76. The lowest BCUT2D eigenvalue weighted by molar-refractivity contribution is 0.0793. The van der Waals surface area contributed by atoms with Crippen LogP contribution in [0, 0.1) is 0 Å². The first-order valence-corrected chi connectivity index (χ1v) is 6.26. The largest absolute Gasteiger partial charge is 0.453 e. The summed E-state index contributed by atoms with van der Waals surface area (Å²) in [5.41, 5.74) is 0. The van der Waals surface area contributed by atoms with Crippen LogP contribution in [0.25, 0.3) is 0 Å². The number of carbonyl (C=O) groups is 2. The van der Waals surface area contributed by atoms with Crippen LogP contribution in [-0.2, 0) is 4.74 Å². The molecule has 17 heavy (non-hydrogen) atoms. The molecule has 0 bridgehead atoms. The molecule has 1 aliphatic rings. The van der Waals surface area contributed by atoms with E-state index in [2.05, 4.69) is 10.1 Å². The van der Waals surface area contributed by atoms with E-state index in [1.807, 2.05) is 17.5 Å². The molecule has 92 valence electrons. The molecule has 0 aliphatic carbocycles. The van der Waals surface area contributed by atoms with Crippen LogP contribution in [0.3, 0.4) is 0 Å². The molecular weight excluding hydrogens is 240 g/mol. The highest BCUT2D eigenvalue weighted by molar-refractivity contribution is 7.12. The van der Waals surface area contributed by atoms with E-state index in [4.69, 9.17) is 0 Å². The summed E-state index contributed by atoms with van der Waals surface area (Å²) in [5, 5.41) is 4.59. The number of likely N-dealkylation sites (tertiary alicyclic amines) is 1. The van der Waals surface area contributed by atoms with Crippen LogP contribution in [0.4, 0.5) is 4.79 Å². The average Bonchev–Trinajstić information content (AvgIpc) is 2.98. The number of hydrogen-bond donors (Lipinski definition) is 1. The van der Waals surface area contributed by atoms with Crippen LogP contribution in [0.1, 0.15) is 16.1 Å². The maximum Gasteiger partial charge on any atom is 0.407 e. The van der Waals surface area contributed by atoms with Crippen LogP contribution < -0.4 is 5.32 Å². The quantitative estimate of drug-likeness (QED) is 0.866. The summed E-state index contributed by atoms with van der Waals surface area (Å²) in [6, 6.07) is 3.66. The van der Waals surface area contributed by atoms with E-state index in [1.54, 1.807) is 4.90 Å². The van der Waals surface area contributed by atoms with Crippen molar-refractivity contribution in [1.29, 1.82) is 0 Å². The fourth-order valence-electron chi connectivity index (χ4n) is 1.84. The summed E-state index contributed by atoms with van der Waals surface area (Å²) >= 11 is 1.43. The molecule has 2 rings (SSSR count). The highest BCUT2D eigenvalue weighted by Crippen LogP contribution is 2.17. The van der Waals surface area contributed by atoms with Crippen LogP contribution in [0.15, 0.2) is 17.5 Å². The van der Waals surface area contributed by atoms with Crippen molar-refractivity contribution in [3.63, 3.8) is 0 Å². The van der Waals surface area contributed by atoms with Crippen LogP contribution in [0.2, 0.25) is 0 Å². The predicted octanol–water partition coefficient (Wildman–Crippen LogP) is 1.32. The molecule has 1 saturated heterocycles. The minimum absolute atomic E-state index is 0.00800. The van der Waals surface area contributed by atoms with Crippen LogP contribution in [0.5, 0.6) is 0 Å². The van der Waals surface area contributed by atoms with Crippen molar-refractivity contribution in [3.05, 3.63) is 22.4 Å².